The fourth-order valence-corrected chi connectivity index (χ4v) is 3.76. The molecule has 1 fully saturated rings. The summed E-state index contributed by atoms with van der Waals surface area (Å²) in [6.07, 6.45) is 5.65. The van der Waals surface area contributed by atoms with Gasteiger partial charge in [-0.15, -0.1) is 0 Å². The Morgan fingerprint density at radius 3 is 2.29 bits per heavy atom. The number of hydrogen-bond acceptors (Lipinski definition) is 1. The third-order valence-corrected chi connectivity index (χ3v) is 5.00. The molecule has 0 amide bonds. The van der Waals surface area contributed by atoms with Gasteiger partial charge in [0.25, 0.3) is 0 Å². The minimum Gasteiger partial charge on any atom is -0.307 e. The molecule has 0 heterocycles. The van der Waals surface area contributed by atoms with E-state index in [-0.39, 0.29) is 17.5 Å². The number of hydrogen-bond donors (Lipinski definition) is 1. The van der Waals surface area contributed by atoms with Gasteiger partial charge in [-0.3, -0.25) is 0 Å². The molecule has 21 heavy (non-hydrogen) atoms. The topological polar surface area (TPSA) is 12.0 Å². The number of aryl methyl sites for hydroxylation is 1. The molecular weight excluding hydrogens is 268 g/mol. The van der Waals surface area contributed by atoms with Crippen molar-refractivity contribution >= 4 is 0 Å². The first kappa shape index (κ1) is 16.4. The maximum Gasteiger partial charge on any atom is 0.130 e. The zero-order chi connectivity index (χ0) is 15.6. The largest absolute Gasteiger partial charge is 0.307 e. The minimum absolute atomic E-state index is 0.0377. The van der Waals surface area contributed by atoms with E-state index >= 15 is 0 Å². The van der Waals surface area contributed by atoms with Gasteiger partial charge in [0, 0.05) is 23.7 Å². The summed E-state index contributed by atoms with van der Waals surface area (Å²) in [6, 6.07) is 2.96. The Kier molecular flexibility index (Phi) is 5.03. The predicted molar refractivity (Wildman–Crippen MR) is 83.3 cm³/mol. The van der Waals surface area contributed by atoms with Gasteiger partial charge in [-0.05, 0) is 43.2 Å². The summed E-state index contributed by atoms with van der Waals surface area (Å²) in [6.45, 7) is 8.06. The summed E-state index contributed by atoms with van der Waals surface area (Å²) in [4.78, 5) is 0. The lowest BCUT2D eigenvalue weighted by Crippen LogP contribution is -2.40. The van der Waals surface area contributed by atoms with Crippen LogP contribution in [-0.2, 0) is 0 Å². The van der Waals surface area contributed by atoms with Gasteiger partial charge in [0.1, 0.15) is 11.6 Å². The average Bonchev–Trinajstić information content (AvgIpc) is 2.90. The lowest BCUT2D eigenvalue weighted by molar-refractivity contribution is 0.174. The van der Waals surface area contributed by atoms with Crippen molar-refractivity contribution in [3.63, 3.8) is 0 Å². The molecular formula is C18H27F2N. The van der Waals surface area contributed by atoms with Crippen molar-refractivity contribution in [2.75, 3.05) is 0 Å². The van der Waals surface area contributed by atoms with Gasteiger partial charge in [-0.25, -0.2) is 8.78 Å². The van der Waals surface area contributed by atoms with E-state index in [2.05, 4.69) is 26.1 Å². The van der Waals surface area contributed by atoms with Gasteiger partial charge in [0.05, 0.1) is 0 Å². The number of halogens is 2. The Morgan fingerprint density at radius 1 is 1.14 bits per heavy atom. The first-order valence-corrected chi connectivity index (χ1v) is 8.11. The smallest absolute Gasteiger partial charge is 0.130 e. The second kappa shape index (κ2) is 6.43. The van der Waals surface area contributed by atoms with Crippen LogP contribution >= 0.6 is 0 Å². The molecule has 0 bridgehead atoms. The van der Waals surface area contributed by atoms with E-state index in [4.69, 9.17) is 0 Å². The highest BCUT2D eigenvalue weighted by atomic mass is 19.1. The molecule has 1 atom stereocenters. The third kappa shape index (κ3) is 3.28. The zero-order valence-electron chi connectivity index (χ0n) is 13.6. The molecule has 0 aromatic heterocycles. The van der Waals surface area contributed by atoms with Crippen LogP contribution in [0.1, 0.15) is 70.0 Å². The van der Waals surface area contributed by atoms with E-state index in [0.717, 1.165) is 25.3 Å². The summed E-state index contributed by atoms with van der Waals surface area (Å²) >= 11 is 0. The summed E-state index contributed by atoms with van der Waals surface area (Å²) in [5.41, 5.74) is 1.24. The van der Waals surface area contributed by atoms with Crippen molar-refractivity contribution < 1.29 is 8.78 Å². The first-order chi connectivity index (χ1) is 9.89. The molecule has 1 nitrogen and oxygen atoms in total. The van der Waals surface area contributed by atoms with Crippen LogP contribution in [0, 0.1) is 24.0 Å². The van der Waals surface area contributed by atoms with E-state index in [0.29, 0.717) is 11.1 Å². The minimum atomic E-state index is -0.462. The molecule has 0 radical (unpaired) electrons. The monoisotopic (exact) mass is 295 g/mol. The molecule has 1 aromatic rings. The molecule has 3 heteroatoms. The number of rotatable bonds is 5. The van der Waals surface area contributed by atoms with E-state index in [1.54, 1.807) is 13.0 Å². The molecule has 1 N–H and O–H groups in total. The van der Waals surface area contributed by atoms with Gasteiger partial charge < -0.3 is 5.32 Å². The highest BCUT2D eigenvalue weighted by Crippen LogP contribution is 2.50. The SMILES string of the molecule is CCC1(C(NC(C)C)c2cc(C)c(F)cc2F)CCCC1. The molecule has 0 aliphatic heterocycles. The Hall–Kier alpha value is -0.960. The normalized spacial score (nSPS) is 19.2. The molecule has 118 valence electrons. The Labute approximate surface area is 127 Å². The van der Waals surface area contributed by atoms with Crippen molar-refractivity contribution in [2.45, 2.75) is 71.9 Å². The van der Waals surface area contributed by atoms with E-state index in [1.807, 2.05) is 0 Å². The first-order valence-electron chi connectivity index (χ1n) is 8.11. The van der Waals surface area contributed by atoms with E-state index in [9.17, 15) is 8.78 Å². The van der Waals surface area contributed by atoms with Crippen LogP contribution < -0.4 is 5.32 Å². The lowest BCUT2D eigenvalue weighted by atomic mass is 9.73. The lowest BCUT2D eigenvalue weighted by Gasteiger charge is -2.39. The number of nitrogens with one attached hydrogen (secondary N) is 1. The van der Waals surface area contributed by atoms with Gasteiger partial charge in [-0.1, -0.05) is 33.6 Å². The van der Waals surface area contributed by atoms with Crippen LogP contribution in [0.3, 0.4) is 0 Å². The van der Waals surface area contributed by atoms with Crippen molar-refractivity contribution in [3.05, 3.63) is 34.9 Å². The van der Waals surface area contributed by atoms with Crippen LogP contribution in [0.15, 0.2) is 12.1 Å². The van der Waals surface area contributed by atoms with Crippen LogP contribution in [0.5, 0.6) is 0 Å². The van der Waals surface area contributed by atoms with Crippen molar-refractivity contribution in [2.24, 2.45) is 5.41 Å². The molecule has 1 saturated carbocycles. The van der Waals surface area contributed by atoms with Crippen LogP contribution in [0.2, 0.25) is 0 Å². The quantitative estimate of drug-likeness (QED) is 0.779. The highest BCUT2D eigenvalue weighted by Gasteiger charge is 2.41. The third-order valence-electron chi connectivity index (χ3n) is 5.00. The van der Waals surface area contributed by atoms with Crippen molar-refractivity contribution in [1.82, 2.24) is 5.32 Å². The average molecular weight is 295 g/mol. The summed E-state index contributed by atoms with van der Waals surface area (Å²) in [7, 11) is 0. The molecule has 2 rings (SSSR count). The molecule has 1 unspecified atom stereocenters. The van der Waals surface area contributed by atoms with Gasteiger partial charge >= 0.3 is 0 Å². The molecule has 0 spiro atoms. The molecule has 1 aliphatic rings. The van der Waals surface area contributed by atoms with Crippen LogP contribution in [0.4, 0.5) is 8.78 Å². The zero-order valence-corrected chi connectivity index (χ0v) is 13.6. The van der Waals surface area contributed by atoms with Crippen LogP contribution in [-0.4, -0.2) is 6.04 Å². The summed E-state index contributed by atoms with van der Waals surface area (Å²) in [5, 5.41) is 3.55. The van der Waals surface area contributed by atoms with Gasteiger partial charge in [-0.2, -0.15) is 0 Å². The Morgan fingerprint density at radius 2 is 1.76 bits per heavy atom. The van der Waals surface area contributed by atoms with Crippen molar-refractivity contribution in [3.8, 4) is 0 Å². The maximum atomic E-state index is 14.4. The second-order valence-electron chi connectivity index (χ2n) is 6.80. The van der Waals surface area contributed by atoms with Gasteiger partial charge in [0.2, 0.25) is 0 Å². The van der Waals surface area contributed by atoms with Gasteiger partial charge in [0.15, 0.2) is 0 Å². The Bertz CT molecular complexity index is 490. The summed E-state index contributed by atoms with van der Waals surface area (Å²) < 4.78 is 28.0. The fraction of sp³-hybridized carbons (Fsp3) is 0.667. The van der Waals surface area contributed by atoms with Crippen LogP contribution in [0.25, 0.3) is 0 Å². The Balaban J connectivity index is 2.47. The summed E-state index contributed by atoms with van der Waals surface area (Å²) in [5.74, 6) is -0.882. The maximum absolute atomic E-state index is 14.4. The highest BCUT2D eigenvalue weighted by molar-refractivity contribution is 5.30. The molecule has 1 aromatic carbocycles. The fourth-order valence-electron chi connectivity index (χ4n) is 3.76. The van der Waals surface area contributed by atoms with E-state index < -0.39 is 11.6 Å². The standard InChI is InChI=1S/C18H27F2N/c1-5-18(8-6-7-9-18)17(21-12(2)3)14-10-13(4)15(19)11-16(14)20/h10-12,17,21H,5-9H2,1-4H3. The predicted octanol–water partition coefficient (Wildman–Crippen LogP) is 5.28. The molecule has 1 aliphatic carbocycles. The van der Waals surface area contributed by atoms with E-state index in [1.165, 1.54) is 12.8 Å². The number of benzene rings is 1. The van der Waals surface area contributed by atoms with Crippen molar-refractivity contribution in [1.29, 1.82) is 0 Å². The molecule has 0 saturated heterocycles. The second-order valence-corrected chi connectivity index (χ2v) is 6.80.